The summed E-state index contributed by atoms with van der Waals surface area (Å²) in [6, 6.07) is 18.6. The number of carbonyl (C=O) groups excluding carboxylic acids is 1. The number of hydrogen-bond acceptors (Lipinski definition) is 4. The van der Waals surface area contributed by atoms with E-state index in [0.29, 0.717) is 0 Å². The van der Waals surface area contributed by atoms with Crippen LogP contribution in [0.3, 0.4) is 0 Å². The molecule has 0 aromatic heterocycles. The summed E-state index contributed by atoms with van der Waals surface area (Å²) in [4.78, 5) is 17.2. The molecule has 3 aliphatic heterocycles. The van der Waals surface area contributed by atoms with Crippen molar-refractivity contribution >= 4 is 11.9 Å². The number of piperidine rings is 2. The first-order chi connectivity index (χ1) is 15.8. The Bertz CT molecular complexity index is 1000. The Morgan fingerprint density at radius 1 is 0.812 bits per heavy atom. The van der Waals surface area contributed by atoms with Crippen LogP contribution in [0.2, 0.25) is 0 Å². The molecule has 2 aromatic carbocycles. The van der Waals surface area contributed by atoms with Crippen molar-refractivity contribution in [1.82, 2.24) is 9.80 Å². The van der Waals surface area contributed by atoms with E-state index in [1.54, 1.807) is 0 Å². The zero-order valence-corrected chi connectivity index (χ0v) is 18.7. The minimum Gasteiger partial charge on any atom is -0.464 e. The fourth-order valence-corrected chi connectivity index (χ4v) is 5.28. The molecule has 5 rings (SSSR count). The highest BCUT2D eigenvalue weighted by Gasteiger charge is 2.43. The SMILES string of the molecule is O=C/C(=C\N1CCCCC1)C1=CC(c2ccccc2)(N2CCCCC2)Oc2ccccc21. The van der Waals surface area contributed by atoms with Crippen molar-refractivity contribution in [3.8, 4) is 5.75 Å². The van der Waals surface area contributed by atoms with Gasteiger partial charge in [0.15, 0.2) is 6.29 Å². The summed E-state index contributed by atoms with van der Waals surface area (Å²) >= 11 is 0. The van der Waals surface area contributed by atoms with Crippen LogP contribution < -0.4 is 4.74 Å². The van der Waals surface area contributed by atoms with Crippen LogP contribution in [0.4, 0.5) is 0 Å². The smallest absolute Gasteiger partial charge is 0.210 e. The standard InChI is InChI=1S/C28H32N2O2/c31-22-23(21-29-16-8-2-9-17-29)26-20-28(24-12-4-1-5-13-24,30-18-10-3-11-19-30)32-27-15-7-6-14-25(26)27/h1,4-7,12-15,20-22H,2-3,8-11,16-19H2/b23-21+. The zero-order chi connectivity index (χ0) is 21.8. The van der Waals surface area contributed by atoms with Gasteiger partial charge in [0.25, 0.3) is 0 Å². The van der Waals surface area contributed by atoms with Gasteiger partial charge in [0.05, 0.1) is 0 Å². The van der Waals surface area contributed by atoms with Crippen molar-refractivity contribution in [3.05, 3.63) is 83.6 Å². The van der Waals surface area contributed by atoms with E-state index in [0.717, 1.165) is 73.3 Å². The molecule has 0 radical (unpaired) electrons. The number of likely N-dealkylation sites (tertiary alicyclic amines) is 2. The highest BCUT2D eigenvalue weighted by atomic mass is 16.5. The van der Waals surface area contributed by atoms with Crippen LogP contribution >= 0.6 is 0 Å². The molecule has 0 saturated carbocycles. The minimum absolute atomic E-state index is 0.713. The lowest BCUT2D eigenvalue weighted by Crippen LogP contribution is -2.52. The number of ether oxygens (including phenoxy) is 1. The van der Waals surface area contributed by atoms with E-state index in [-0.39, 0.29) is 0 Å². The molecule has 2 saturated heterocycles. The average Bonchev–Trinajstić information content (AvgIpc) is 2.88. The molecule has 0 amide bonds. The maximum atomic E-state index is 12.4. The number of benzene rings is 2. The molecular weight excluding hydrogens is 396 g/mol. The molecular formula is C28H32N2O2. The summed E-state index contributed by atoms with van der Waals surface area (Å²) in [6.07, 6.45) is 12.5. The third-order valence-corrected chi connectivity index (χ3v) is 6.95. The normalized spacial score (nSPS) is 24.3. The summed E-state index contributed by atoms with van der Waals surface area (Å²) in [6.45, 7) is 3.98. The number of nitrogens with zero attached hydrogens (tertiary/aromatic N) is 2. The molecule has 32 heavy (non-hydrogen) atoms. The molecule has 4 heteroatoms. The van der Waals surface area contributed by atoms with Crippen molar-refractivity contribution < 1.29 is 9.53 Å². The first-order valence-electron chi connectivity index (χ1n) is 12.0. The van der Waals surface area contributed by atoms with E-state index < -0.39 is 5.72 Å². The molecule has 3 aliphatic rings. The van der Waals surface area contributed by atoms with Gasteiger partial charge in [-0.05, 0) is 49.8 Å². The zero-order valence-electron chi connectivity index (χ0n) is 18.7. The van der Waals surface area contributed by atoms with Gasteiger partial charge < -0.3 is 9.64 Å². The largest absolute Gasteiger partial charge is 0.464 e. The van der Waals surface area contributed by atoms with Gasteiger partial charge in [-0.25, -0.2) is 0 Å². The molecule has 1 unspecified atom stereocenters. The summed E-state index contributed by atoms with van der Waals surface area (Å²) in [7, 11) is 0. The summed E-state index contributed by atoms with van der Waals surface area (Å²) < 4.78 is 6.85. The number of fused-ring (bicyclic) bond motifs is 1. The monoisotopic (exact) mass is 428 g/mol. The lowest BCUT2D eigenvalue weighted by molar-refractivity contribution is -0.104. The van der Waals surface area contributed by atoms with Crippen LogP contribution in [-0.4, -0.2) is 42.3 Å². The quantitative estimate of drug-likeness (QED) is 0.473. The lowest BCUT2D eigenvalue weighted by atomic mass is 9.87. The van der Waals surface area contributed by atoms with Gasteiger partial charge in [0, 0.05) is 49.1 Å². The Labute approximate surface area is 191 Å². The van der Waals surface area contributed by atoms with Gasteiger partial charge in [-0.15, -0.1) is 0 Å². The Hall–Kier alpha value is -2.85. The highest BCUT2D eigenvalue weighted by Crippen LogP contribution is 2.45. The van der Waals surface area contributed by atoms with Crippen molar-refractivity contribution in [2.45, 2.75) is 44.2 Å². The van der Waals surface area contributed by atoms with Crippen molar-refractivity contribution in [3.63, 3.8) is 0 Å². The fraction of sp³-hybridized carbons (Fsp3) is 0.393. The predicted molar refractivity (Wildman–Crippen MR) is 128 cm³/mol. The third-order valence-electron chi connectivity index (χ3n) is 6.95. The van der Waals surface area contributed by atoms with Crippen LogP contribution in [0, 0.1) is 0 Å². The number of allylic oxidation sites excluding steroid dienone is 2. The predicted octanol–water partition coefficient (Wildman–Crippen LogP) is 5.37. The molecule has 0 spiro atoms. The minimum atomic E-state index is -0.713. The summed E-state index contributed by atoms with van der Waals surface area (Å²) in [5, 5.41) is 0. The van der Waals surface area contributed by atoms with Crippen LogP contribution in [0.5, 0.6) is 5.75 Å². The Kier molecular flexibility index (Phi) is 6.13. The second-order valence-corrected chi connectivity index (χ2v) is 9.07. The maximum absolute atomic E-state index is 12.4. The van der Waals surface area contributed by atoms with E-state index in [4.69, 9.17) is 4.74 Å². The number of rotatable bonds is 5. The highest BCUT2D eigenvalue weighted by molar-refractivity contribution is 6.00. The molecule has 0 aliphatic carbocycles. The lowest BCUT2D eigenvalue weighted by Gasteiger charge is -2.46. The van der Waals surface area contributed by atoms with Gasteiger partial charge in [0.1, 0.15) is 5.75 Å². The van der Waals surface area contributed by atoms with E-state index in [1.807, 2.05) is 24.3 Å². The average molecular weight is 429 g/mol. The first-order valence-corrected chi connectivity index (χ1v) is 12.0. The number of carbonyl (C=O) groups is 1. The number of aldehydes is 1. The Balaban J connectivity index is 1.67. The molecule has 3 heterocycles. The Morgan fingerprint density at radius 2 is 1.47 bits per heavy atom. The molecule has 4 nitrogen and oxygen atoms in total. The van der Waals surface area contributed by atoms with Crippen LogP contribution in [0.15, 0.2) is 72.4 Å². The molecule has 1 atom stereocenters. The van der Waals surface area contributed by atoms with Crippen LogP contribution in [-0.2, 0) is 10.5 Å². The van der Waals surface area contributed by atoms with Gasteiger partial charge in [-0.1, -0.05) is 55.0 Å². The number of hydrogen-bond donors (Lipinski definition) is 0. The Morgan fingerprint density at radius 3 is 2.19 bits per heavy atom. The third kappa shape index (κ3) is 4.00. The summed E-state index contributed by atoms with van der Waals surface area (Å²) in [5.41, 5.74) is 3.10. The van der Waals surface area contributed by atoms with Crippen molar-refractivity contribution in [1.29, 1.82) is 0 Å². The van der Waals surface area contributed by atoms with Gasteiger partial charge in [-0.3, -0.25) is 9.69 Å². The van der Waals surface area contributed by atoms with Crippen molar-refractivity contribution in [2.24, 2.45) is 0 Å². The second kappa shape index (κ2) is 9.33. The topological polar surface area (TPSA) is 32.8 Å². The maximum Gasteiger partial charge on any atom is 0.210 e. The van der Waals surface area contributed by atoms with Gasteiger partial charge in [0.2, 0.25) is 5.72 Å². The first kappa shape index (κ1) is 21.0. The van der Waals surface area contributed by atoms with E-state index >= 15 is 0 Å². The van der Waals surface area contributed by atoms with Crippen molar-refractivity contribution in [2.75, 3.05) is 26.2 Å². The van der Waals surface area contributed by atoms with Gasteiger partial charge in [-0.2, -0.15) is 0 Å². The van der Waals surface area contributed by atoms with E-state index in [2.05, 4.69) is 52.4 Å². The van der Waals surface area contributed by atoms with E-state index in [1.165, 1.54) is 25.7 Å². The molecule has 166 valence electrons. The van der Waals surface area contributed by atoms with Crippen LogP contribution in [0.1, 0.15) is 49.7 Å². The molecule has 2 fully saturated rings. The van der Waals surface area contributed by atoms with E-state index in [9.17, 15) is 4.79 Å². The molecule has 2 aromatic rings. The van der Waals surface area contributed by atoms with Crippen LogP contribution in [0.25, 0.3) is 5.57 Å². The fourth-order valence-electron chi connectivity index (χ4n) is 5.28. The second-order valence-electron chi connectivity index (χ2n) is 9.07. The molecule has 0 bridgehead atoms. The molecule has 0 N–H and O–H groups in total. The number of para-hydroxylation sites is 1. The summed E-state index contributed by atoms with van der Waals surface area (Å²) in [5.74, 6) is 0.839. The van der Waals surface area contributed by atoms with Gasteiger partial charge >= 0.3 is 0 Å².